The van der Waals surface area contributed by atoms with Gasteiger partial charge in [0.2, 0.25) is 0 Å². The van der Waals surface area contributed by atoms with Gasteiger partial charge in [-0.25, -0.2) is 0 Å². The molecule has 2 nitrogen and oxygen atoms in total. The predicted octanol–water partition coefficient (Wildman–Crippen LogP) is 4.08. The van der Waals surface area contributed by atoms with Gasteiger partial charge in [0.15, 0.2) is 0 Å². The molecule has 2 N–H and O–H groups in total. The Balaban J connectivity index is 0.000000437. The van der Waals surface area contributed by atoms with Crippen LogP contribution in [0.5, 0.6) is 0 Å². The van der Waals surface area contributed by atoms with Crippen LogP contribution in [0, 0.1) is 0 Å². The number of benzene rings is 1. The molecule has 0 fully saturated rings. The Morgan fingerprint density at radius 3 is 1.88 bits per heavy atom. The van der Waals surface area contributed by atoms with Gasteiger partial charge < -0.3 is 10.4 Å². The second kappa shape index (κ2) is 8.96. The molecule has 0 spiro atoms. The second-order valence-corrected chi connectivity index (χ2v) is 17.4. The van der Waals surface area contributed by atoms with Gasteiger partial charge in [-0.3, -0.25) is 0 Å². The molecule has 7 heteroatoms. The van der Waals surface area contributed by atoms with E-state index >= 15 is 0 Å². The van der Waals surface area contributed by atoms with Gasteiger partial charge in [-0.05, 0) is 19.5 Å². The summed E-state index contributed by atoms with van der Waals surface area (Å²) in [6.45, 7) is 1.96. The minimum atomic E-state index is -2.81. The number of hydrogen-bond donors (Lipinski definition) is 2. The van der Waals surface area contributed by atoms with Crippen molar-refractivity contribution in [2.24, 2.45) is 0 Å². The molecule has 2 atom stereocenters. The van der Waals surface area contributed by atoms with Crippen molar-refractivity contribution >= 4 is 38.1 Å². The first-order valence-electron chi connectivity index (χ1n) is 4.64. The second-order valence-electron chi connectivity index (χ2n) is 3.20. The summed E-state index contributed by atoms with van der Waals surface area (Å²) in [5.74, 6) is 0. The normalized spacial score (nSPS) is 15.5. The maximum absolute atomic E-state index is 9.73. The van der Waals surface area contributed by atoms with Gasteiger partial charge in [-0.2, -0.15) is 0 Å². The van der Waals surface area contributed by atoms with E-state index in [1.165, 1.54) is 0 Å². The zero-order chi connectivity index (χ0) is 13.5. The van der Waals surface area contributed by atoms with E-state index in [-0.39, 0.29) is 6.04 Å². The standard InChI is InChI=1S/C10H15NO.4ClH.Pd/c1-8(11-2)10(12)9-6-4-3-5-7-9;;;;;/h3-8,10-12H,1-2H3;4*1H;/q;;;;;+4/p-4. The molecule has 0 aliphatic rings. The summed E-state index contributed by atoms with van der Waals surface area (Å²) in [5.41, 5.74) is 0.958. The number of aliphatic hydroxyl groups excluding tert-OH is 1. The van der Waals surface area contributed by atoms with Gasteiger partial charge in [0.1, 0.15) is 0 Å². The number of likely N-dealkylation sites (N-methyl/N-ethyl adjacent to an activating group) is 1. The van der Waals surface area contributed by atoms with Crippen LogP contribution in [-0.2, 0) is 11.5 Å². The number of aliphatic hydroxyl groups is 1. The molecule has 104 valence electrons. The third-order valence-electron chi connectivity index (χ3n) is 2.07. The van der Waals surface area contributed by atoms with Crippen LogP contribution in [0.25, 0.3) is 0 Å². The summed E-state index contributed by atoms with van der Waals surface area (Å²) in [5, 5.41) is 12.7. The number of nitrogens with one attached hydrogen (secondary N) is 1. The Morgan fingerprint density at radius 2 is 1.53 bits per heavy atom. The average molecular weight is 413 g/mol. The molecule has 1 aromatic rings. The zero-order valence-electron chi connectivity index (χ0n) is 9.32. The van der Waals surface area contributed by atoms with Gasteiger partial charge in [0.25, 0.3) is 0 Å². The van der Waals surface area contributed by atoms with Gasteiger partial charge in [0, 0.05) is 6.04 Å². The van der Waals surface area contributed by atoms with Crippen molar-refractivity contribution in [1.29, 1.82) is 0 Å². The van der Waals surface area contributed by atoms with E-state index in [0.29, 0.717) is 0 Å². The van der Waals surface area contributed by atoms with E-state index in [1.807, 2.05) is 44.3 Å². The quantitative estimate of drug-likeness (QED) is 0.732. The fourth-order valence-electron chi connectivity index (χ4n) is 1.10. The SMILES string of the molecule is CNC(C)C(O)c1ccccc1.[Cl][Pd]([Cl])([Cl])[Cl]. The van der Waals surface area contributed by atoms with Gasteiger partial charge in [-0.1, -0.05) is 30.3 Å². The van der Waals surface area contributed by atoms with Gasteiger partial charge in [0.05, 0.1) is 6.10 Å². The first kappa shape index (κ1) is 18.0. The predicted molar refractivity (Wildman–Crippen MR) is 73.3 cm³/mol. The molecular formula is C10H15Cl4NOPd. The summed E-state index contributed by atoms with van der Waals surface area (Å²) in [6, 6.07) is 9.76. The number of halogens is 4. The van der Waals surface area contributed by atoms with Crippen LogP contribution in [0.4, 0.5) is 0 Å². The van der Waals surface area contributed by atoms with Crippen molar-refractivity contribution in [2.45, 2.75) is 19.1 Å². The molecule has 0 radical (unpaired) electrons. The molecule has 0 saturated carbocycles. The third kappa shape index (κ3) is 10.6. The van der Waals surface area contributed by atoms with Gasteiger partial charge >= 0.3 is 49.6 Å². The van der Waals surface area contributed by atoms with Crippen LogP contribution in [0.15, 0.2) is 30.3 Å². The van der Waals surface area contributed by atoms with E-state index in [4.69, 9.17) is 38.1 Å². The minimum absolute atomic E-state index is 0.0902. The molecule has 0 bridgehead atoms. The van der Waals surface area contributed by atoms with Crippen LogP contribution in [0.3, 0.4) is 0 Å². The molecule has 0 saturated heterocycles. The summed E-state index contributed by atoms with van der Waals surface area (Å²) in [7, 11) is 21.7. The maximum atomic E-state index is 9.73. The molecule has 2 unspecified atom stereocenters. The van der Waals surface area contributed by atoms with E-state index in [0.717, 1.165) is 5.56 Å². The average Bonchev–Trinajstić information content (AvgIpc) is 2.26. The summed E-state index contributed by atoms with van der Waals surface area (Å²) < 4.78 is 0. The fraction of sp³-hybridized carbons (Fsp3) is 0.400. The fourth-order valence-corrected chi connectivity index (χ4v) is 1.10. The molecule has 0 aliphatic heterocycles. The molecule has 17 heavy (non-hydrogen) atoms. The van der Waals surface area contributed by atoms with E-state index in [9.17, 15) is 5.11 Å². The van der Waals surface area contributed by atoms with Crippen LogP contribution in [0.1, 0.15) is 18.6 Å². The Labute approximate surface area is 121 Å². The topological polar surface area (TPSA) is 32.3 Å². The zero-order valence-corrected chi connectivity index (χ0v) is 13.9. The Bertz CT molecular complexity index is 301. The van der Waals surface area contributed by atoms with Crippen molar-refractivity contribution in [1.82, 2.24) is 5.32 Å². The number of rotatable bonds is 3. The van der Waals surface area contributed by atoms with Crippen molar-refractivity contribution in [3.63, 3.8) is 0 Å². The molecule has 1 rings (SSSR count). The summed E-state index contributed by atoms with van der Waals surface area (Å²) in [6.07, 6.45) is -0.420. The summed E-state index contributed by atoms with van der Waals surface area (Å²) >= 11 is -2.81. The Morgan fingerprint density at radius 1 is 1.12 bits per heavy atom. The molecule has 1 aromatic carbocycles. The molecular weight excluding hydrogens is 398 g/mol. The third-order valence-corrected chi connectivity index (χ3v) is 2.07. The van der Waals surface area contributed by atoms with E-state index in [2.05, 4.69) is 5.32 Å². The first-order valence-corrected chi connectivity index (χ1v) is 12.6. The van der Waals surface area contributed by atoms with Gasteiger partial charge in [-0.15, -0.1) is 0 Å². The molecule has 0 aromatic heterocycles. The van der Waals surface area contributed by atoms with Crippen molar-refractivity contribution in [2.75, 3.05) is 7.05 Å². The Kier molecular flexibility index (Phi) is 9.47. The van der Waals surface area contributed by atoms with Crippen LogP contribution in [0.2, 0.25) is 0 Å². The van der Waals surface area contributed by atoms with E-state index in [1.54, 1.807) is 0 Å². The first-order chi connectivity index (χ1) is 7.75. The monoisotopic (exact) mass is 411 g/mol. The van der Waals surface area contributed by atoms with Crippen molar-refractivity contribution in [3.05, 3.63) is 35.9 Å². The molecule has 0 amide bonds. The molecule has 0 heterocycles. The summed E-state index contributed by atoms with van der Waals surface area (Å²) in [4.78, 5) is 0. The van der Waals surface area contributed by atoms with Crippen molar-refractivity contribution < 1.29 is 16.6 Å². The Hall–Kier alpha value is 0.962. The van der Waals surface area contributed by atoms with Crippen molar-refractivity contribution in [3.8, 4) is 0 Å². The van der Waals surface area contributed by atoms with Crippen LogP contribution >= 0.6 is 38.1 Å². The number of hydrogen-bond acceptors (Lipinski definition) is 2. The molecule has 0 aliphatic carbocycles. The van der Waals surface area contributed by atoms with Crippen LogP contribution < -0.4 is 5.32 Å². The van der Waals surface area contributed by atoms with Crippen LogP contribution in [-0.4, -0.2) is 18.2 Å². The van der Waals surface area contributed by atoms with E-state index < -0.39 is 17.6 Å².